The lowest BCUT2D eigenvalue weighted by Crippen LogP contribution is -2.42. The third-order valence-corrected chi connectivity index (χ3v) is 5.19. The Morgan fingerprint density at radius 3 is 3.12 bits per heavy atom. The summed E-state index contributed by atoms with van der Waals surface area (Å²) in [4.78, 5) is 13.1. The third-order valence-electron chi connectivity index (χ3n) is 4.12. The number of benzene rings is 1. The Morgan fingerprint density at radius 1 is 1.47 bits per heavy atom. The fraction of sp³-hybridized carbons (Fsp3) is 0.500. The van der Waals surface area contributed by atoms with Crippen molar-refractivity contribution in [3.63, 3.8) is 0 Å². The highest BCUT2D eigenvalue weighted by molar-refractivity contribution is 7.99. The molecule has 1 amide bonds. The van der Waals surface area contributed by atoms with Crippen molar-refractivity contribution in [3.8, 4) is 0 Å². The number of carbonyl (C=O) groups is 1. The van der Waals surface area contributed by atoms with Crippen molar-refractivity contribution < 1.29 is 4.79 Å². The molecule has 2 nitrogen and oxygen atoms in total. The van der Waals surface area contributed by atoms with E-state index in [1.54, 1.807) is 0 Å². The number of nitrogens with one attached hydrogen (secondary N) is 1. The average Bonchev–Trinajstić information content (AvgIpc) is 2.67. The van der Waals surface area contributed by atoms with Crippen LogP contribution >= 0.6 is 11.8 Å². The molecule has 0 aromatic heterocycles. The summed E-state index contributed by atoms with van der Waals surface area (Å²) in [5, 5.41) is 3.16. The topological polar surface area (TPSA) is 29.1 Å². The summed E-state index contributed by atoms with van der Waals surface area (Å²) >= 11 is 1.92. The number of fused-ring (bicyclic) bond motifs is 2. The molecule has 2 aliphatic rings. The normalized spacial score (nSPS) is 31.4. The summed E-state index contributed by atoms with van der Waals surface area (Å²) < 4.78 is 0. The summed E-state index contributed by atoms with van der Waals surface area (Å²) in [6.45, 7) is 2.17. The smallest absolute Gasteiger partial charge is 0.221 e. The summed E-state index contributed by atoms with van der Waals surface area (Å²) in [6, 6.07) is 8.91. The highest BCUT2D eigenvalue weighted by atomic mass is 32.2. The van der Waals surface area contributed by atoms with Gasteiger partial charge < -0.3 is 5.32 Å². The van der Waals surface area contributed by atoms with Crippen molar-refractivity contribution in [2.45, 2.75) is 42.5 Å². The van der Waals surface area contributed by atoms with Gasteiger partial charge in [-0.05, 0) is 30.2 Å². The van der Waals surface area contributed by atoms with Crippen LogP contribution in [0.15, 0.2) is 29.2 Å². The number of amides is 1. The van der Waals surface area contributed by atoms with Gasteiger partial charge in [0.2, 0.25) is 5.91 Å². The number of hydrogen-bond acceptors (Lipinski definition) is 2. The predicted molar refractivity (Wildman–Crippen MR) is 70.3 cm³/mol. The number of carbonyl (C=O) groups excluding carboxylic acids is 1. The quantitative estimate of drug-likeness (QED) is 0.826. The van der Waals surface area contributed by atoms with Crippen LogP contribution in [0.4, 0.5) is 0 Å². The van der Waals surface area contributed by atoms with Crippen LogP contribution in [0.25, 0.3) is 0 Å². The number of thioether (sulfide) groups is 1. The van der Waals surface area contributed by atoms with Crippen LogP contribution in [0.3, 0.4) is 0 Å². The molecule has 17 heavy (non-hydrogen) atoms. The Labute approximate surface area is 106 Å². The minimum atomic E-state index is 0.0632. The first kappa shape index (κ1) is 11.1. The molecule has 0 aliphatic carbocycles. The molecule has 1 saturated heterocycles. The maximum Gasteiger partial charge on any atom is 0.221 e. The Hall–Kier alpha value is -0.960. The molecule has 2 unspecified atom stereocenters. The highest BCUT2D eigenvalue weighted by Gasteiger charge is 2.49. The van der Waals surface area contributed by atoms with Crippen molar-refractivity contribution >= 4 is 17.7 Å². The van der Waals surface area contributed by atoms with Crippen LogP contribution < -0.4 is 5.32 Å². The molecule has 2 aliphatic heterocycles. The largest absolute Gasteiger partial charge is 0.352 e. The molecule has 0 bridgehead atoms. The maximum absolute atomic E-state index is 11.8. The molecule has 1 aromatic carbocycles. The van der Waals surface area contributed by atoms with Gasteiger partial charge in [-0.1, -0.05) is 25.1 Å². The lowest BCUT2D eigenvalue weighted by Gasteiger charge is -2.38. The lowest BCUT2D eigenvalue weighted by molar-refractivity contribution is -0.119. The molecule has 3 heteroatoms. The zero-order valence-electron chi connectivity index (χ0n) is 10.0. The minimum absolute atomic E-state index is 0.0632. The Balaban J connectivity index is 2.12. The fourth-order valence-electron chi connectivity index (χ4n) is 3.31. The van der Waals surface area contributed by atoms with E-state index in [1.807, 2.05) is 11.8 Å². The van der Waals surface area contributed by atoms with E-state index >= 15 is 0 Å². The van der Waals surface area contributed by atoms with Gasteiger partial charge in [0.1, 0.15) is 0 Å². The second-order valence-electron chi connectivity index (χ2n) is 4.96. The molecule has 90 valence electrons. The molecule has 2 heterocycles. The molecule has 1 aromatic rings. The van der Waals surface area contributed by atoms with Gasteiger partial charge in [0.15, 0.2) is 0 Å². The Morgan fingerprint density at radius 2 is 2.29 bits per heavy atom. The van der Waals surface area contributed by atoms with Crippen molar-refractivity contribution in [1.82, 2.24) is 5.32 Å². The molecule has 3 rings (SSSR count). The molecule has 2 atom stereocenters. The van der Waals surface area contributed by atoms with Crippen LogP contribution in [0.5, 0.6) is 0 Å². The Kier molecular flexibility index (Phi) is 2.66. The second kappa shape index (κ2) is 4.05. The molecule has 1 spiro atoms. The fourth-order valence-corrected chi connectivity index (χ4v) is 4.60. The van der Waals surface area contributed by atoms with E-state index in [4.69, 9.17) is 0 Å². The molecular weight excluding hydrogens is 230 g/mol. The average molecular weight is 247 g/mol. The van der Waals surface area contributed by atoms with Gasteiger partial charge in [0, 0.05) is 22.8 Å². The first-order chi connectivity index (χ1) is 8.26. The van der Waals surface area contributed by atoms with E-state index in [2.05, 4.69) is 36.5 Å². The van der Waals surface area contributed by atoms with Gasteiger partial charge in [-0.25, -0.2) is 0 Å². The van der Waals surface area contributed by atoms with Crippen molar-refractivity contribution in [2.24, 2.45) is 0 Å². The number of hydrogen-bond donors (Lipinski definition) is 1. The monoisotopic (exact) mass is 247 g/mol. The third kappa shape index (κ3) is 1.60. The predicted octanol–water partition coefficient (Wildman–Crippen LogP) is 2.72. The first-order valence-corrected chi connectivity index (χ1v) is 7.26. The van der Waals surface area contributed by atoms with Crippen LogP contribution in [0.2, 0.25) is 0 Å². The van der Waals surface area contributed by atoms with Gasteiger partial charge >= 0.3 is 0 Å². The zero-order chi connectivity index (χ0) is 11.9. The van der Waals surface area contributed by atoms with E-state index < -0.39 is 0 Å². The summed E-state index contributed by atoms with van der Waals surface area (Å²) in [7, 11) is 0. The zero-order valence-corrected chi connectivity index (χ0v) is 10.8. The summed E-state index contributed by atoms with van der Waals surface area (Å²) in [6.07, 6.45) is 2.81. The molecule has 1 N–H and O–H groups in total. The van der Waals surface area contributed by atoms with E-state index in [9.17, 15) is 4.79 Å². The first-order valence-electron chi connectivity index (χ1n) is 6.28. The maximum atomic E-state index is 11.8. The van der Waals surface area contributed by atoms with Crippen LogP contribution in [0.1, 0.15) is 31.7 Å². The minimum Gasteiger partial charge on any atom is -0.352 e. The number of rotatable bonds is 1. The van der Waals surface area contributed by atoms with Crippen LogP contribution in [-0.2, 0) is 10.2 Å². The van der Waals surface area contributed by atoms with Crippen LogP contribution in [-0.4, -0.2) is 17.7 Å². The van der Waals surface area contributed by atoms with Gasteiger partial charge in [-0.2, -0.15) is 0 Å². The van der Waals surface area contributed by atoms with Crippen LogP contribution in [0, 0.1) is 0 Å². The second-order valence-corrected chi connectivity index (χ2v) is 6.09. The van der Waals surface area contributed by atoms with E-state index in [0.717, 1.165) is 18.6 Å². The summed E-state index contributed by atoms with van der Waals surface area (Å²) in [5.74, 6) is 1.35. The van der Waals surface area contributed by atoms with Crippen molar-refractivity contribution in [2.75, 3.05) is 5.75 Å². The van der Waals surface area contributed by atoms with E-state index in [0.29, 0.717) is 12.5 Å². The standard InChI is InChI=1S/C14H17NOS/c1-2-12-14(9-13(16)15-12)7-8-17-11-6-4-3-5-10(11)14/h3-6,12H,2,7-9H2,1H3,(H,15,16). The van der Waals surface area contributed by atoms with Crippen molar-refractivity contribution in [3.05, 3.63) is 29.8 Å². The van der Waals surface area contributed by atoms with E-state index in [-0.39, 0.29) is 11.3 Å². The molecule has 0 radical (unpaired) electrons. The Bertz CT molecular complexity index is 459. The molecule has 0 saturated carbocycles. The van der Waals surface area contributed by atoms with Gasteiger partial charge in [0.25, 0.3) is 0 Å². The van der Waals surface area contributed by atoms with Gasteiger partial charge in [-0.3, -0.25) is 4.79 Å². The van der Waals surface area contributed by atoms with Gasteiger partial charge in [-0.15, -0.1) is 11.8 Å². The lowest BCUT2D eigenvalue weighted by atomic mass is 9.71. The molecular formula is C14H17NOS. The summed E-state index contributed by atoms with van der Waals surface area (Å²) in [5.41, 5.74) is 1.45. The van der Waals surface area contributed by atoms with Gasteiger partial charge in [0.05, 0.1) is 0 Å². The SMILES string of the molecule is CCC1NC(=O)CC12CCSc1ccccc12. The highest BCUT2D eigenvalue weighted by Crippen LogP contribution is 2.48. The van der Waals surface area contributed by atoms with E-state index in [1.165, 1.54) is 10.5 Å². The van der Waals surface area contributed by atoms with Crippen molar-refractivity contribution in [1.29, 1.82) is 0 Å². The molecule has 1 fully saturated rings.